The van der Waals surface area contributed by atoms with Gasteiger partial charge in [0.15, 0.2) is 0 Å². The Balaban J connectivity index is 1.70. The Labute approximate surface area is 311 Å². The summed E-state index contributed by atoms with van der Waals surface area (Å²) in [4.78, 5) is 74.8. The molecule has 0 fully saturated rings. The molecule has 4 amide bonds. The Bertz CT molecular complexity index is 2010. The van der Waals surface area contributed by atoms with Crippen molar-refractivity contribution in [3.8, 4) is 0 Å². The van der Waals surface area contributed by atoms with Gasteiger partial charge in [-0.2, -0.15) is 0 Å². The lowest BCUT2D eigenvalue weighted by Gasteiger charge is -2.10. The minimum Gasteiger partial charge on any atom is -0.310 e. The van der Waals surface area contributed by atoms with E-state index in [0.717, 1.165) is 0 Å². The highest BCUT2D eigenvalue weighted by Crippen LogP contribution is 2.24. The van der Waals surface area contributed by atoms with E-state index in [-0.39, 0.29) is 23.6 Å². The number of rotatable bonds is 12. The highest BCUT2D eigenvalue weighted by Gasteiger charge is 2.12. The normalized spacial score (nSPS) is 11.3. The number of carbonyl (C=O) groups is 4. The van der Waals surface area contributed by atoms with Crippen LogP contribution in [0.15, 0.2) is 73.3 Å². The third-order valence-electron chi connectivity index (χ3n) is 7.22. The molecule has 0 saturated heterocycles. The molecule has 14 heteroatoms. The van der Waals surface area contributed by atoms with Crippen LogP contribution in [-0.2, 0) is 19.2 Å². The van der Waals surface area contributed by atoms with Gasteiger partial charge in [-0.1, -0.05) is 0 Å². The number of nitrogens with zero attached hydrogens (tertiary/aromatic N) is 6. The van der Waals surface area contributed by atoms with E-state index in [0.29, 0.717) is 68.3 Å². The Morgan fingerprint density at radius 3 is 0.815 bits per heavy atom. The summed E-state index contributed by atoms with van der Waals surface area (Å²) in [6, 6.07) is 14.2. The first kappa shape index (κ1) is 37.8. The van der Waals surface area contributed by atoms with Gasteiger partial charge in [-0.25, -0.2) is 29.9 Å². The molecule has 270 valence electrons. The topological polar surface area (TPSA) is 194 Å². The number of anilines is 4. The molecule has 4 N–H and O–H groups in total. The van der Waals surface area contributed by atoms with E-state index in [1.807, 2.05) is 0 Å². The van der Waals surface area contributed by atoms with E-state index in [1.165, 1.54) is 27.7 Å². The fourth-order valence-corrected chi connectivity index (χ4v) is 4.95. The summed E-state index contributed by atoms with van der Waals surface area (Å²) in [6.07, 6.45) is 20.4. The highest BCUT2D eigenvalue weighted by atomic mass is 16.2. The van der Waals surface area contributed by atoms with E-state index in [1.54, 1.807) is 122 Å². The molecule has 0 atom stereocenters. The minimum absolute atomic E-state index is 0.272. The van der Waals surface area contributed by atoms with Crippen molar-refractivity contribution in [3.05, 3.63) is 118 Å². The third kappa shape index (κ3) is 10.8. The Hall–Kier alpha value is -7.48. The second-order valence-corrected chi connectivity index (χ2v) is 11.6. The largest absolute Gasteiger partial charge is 0.310 e. The quantitative estimate of drug-likeness (QED) is 0.109. The molecular formula is C40H36N10O4. The molecule has 54 heavy (non-hydrogen) atoms. The average molecular weight is 721 g/mol. The van der Waals surface area contributed by atoms with Crippen molar-refractivity contribution >= 4 is 95.5 Å². The summed E-state index contributed by atoms with van der Waals surface area (Å²) in [5.74, 6) is 0.392. The Kier molecular flexibility index (Phi) is 12.7. The summed E-state index contributed by atoms with van der Waals surface area (Å²) in [6.45, 7) is 5.61. The van der Waals surface area contributed by atoms with Gasteiger partial charge in [-0.3, -0.25) is 19.2 Å². The number of amides is 4. The summed E-state index contributed by atoms with van der Waals surface area (Å²) in [7, 11) is 0. The first-order chi connectivity index (χ1) is 26.0. The summed E-state index contributed by atoms with van der Waals surface area (Å²) < 4.78 is 0. The van der Waals surface area contributed by atoms with Crippen molar-refractivity contribution < 1.29 is 19.2 Å². The predicted molar refractivity (Wildman–Crippen MR) is 212 cm³/mol. The maximum absolute atomic E-state index is 11.9. The standard InChI is InChI=1S/C40H36N10O4/c1-25(51)45-37-29(9-5-21-41-37)13-17-33-34(18-14-30-10-6-22-42-38(30)46-26(2)52)50-36(20-16-32-12-8-24-44-40(32)48-28(4)54)35(49-33)19-15-31-11-7-23-43-39(31)47-27(3)53/h5-24H,1-4H3,(H,41,45,51)(H,42,46,52)(H,43,47,53)(H,44,48,54)/b17-13+,18-14+,19-15+,20-16+. The van der Waals surface area contributed by atoms with Gasteiger partial charge in [-0.05, 0) is 97.1 Å². The first-order valence-corrected chi connectivity index (χ1v) is 16.6. The van der Waals surface area contributed by atoms with Crippen molar-refractivity contribution in [3.63, 3.8) is 0 Å². The molecule has 5 aromatic heterocycles. The molecular weight excluding hydrogens is 685 g/mol. The number of hydrogen-bond acceptors (Lipinski definition) is 10. The van der Waals surface area contributed by atoms with Crippen LogP contribution in [0.2, 0.25) is 0 Å². The molecule has 0 saturated carbocycles. The molecule has 0 aliphatic rings. The SMILES string of the molecule is CC(=O)Nc1ncccc1/C=C/c1nc(/C=C/c2cccnc2NC(C)=O)c(/C=C/c2cccnc2NC(C)=O)nc1/C=C/c1cccnc1NC(C)=O. The Morgan fingerprint density at radius 1 is 0.389 bits per heavy atom. The molecule has 5 aromatic rings. The molecule has 0 bridgehead atoms. The summed E-state index contributed by atoms with van der Waals surface area (Å²) in [5.41, 5.74) is 4.29. The molecule has 0 radical (unpaired) electrons. The average Bonchev–Trinajstić information content (AvgIpc) is 3.13. The van der Waals surface area contributed by atoms with Crippen LogP contribution in [0.3, 0.4) is 0 Å². The molecule has 0 unspecified atom stereocenters. The van der Waals surface area contributed by atoms with Crippen molar-refractivity contribution in [2.45, 2.75) is 27.7 Å². The smallest absolute Gasteiger partial charge is 0.222 e. The monoisotopic (exact) mass is 720 g/mol. The number of hydrogen-bond donors (Lipinski definition) is 4. The van der Waals surface area contributed by atoms with Gasteiger partial charge in [0.25, 0.3) is 0 Å². The molecule has 14 nitrogen and oxygen atoms in total. The van der Waals surface area contributed by atoms with E-state index in [4.69, 9.17) is 9.97 Å². The first-order valence-electron chi connectivity index (χ1n) is 16.6. The van der Waals surface area contributed by atoms with Crippen LogP contribution in [0.1, 0.15) is 72.7 Å². The summed E-state index contributed by atoms with van der Waals surface area (Å²) >= 11 is 0. The lowest BCUT2D eigenvalue weighted by Crippen LogP contribution is -2.08. The van der Waals surface area contributed by atoms with Crippen LogP contribution in [-0.4, -0.2) is 53.5 Å². The molecule has 0 aliphatic carbocycles. The van der Waals surface area contributed by atoms with E-state index in [2.05, 4.69) is 41.2 Å². The van der Waals surface area contributed by atoms with Crippen LogP contribution in [0, 0.1) is 0 Å². The van der Waals surface area contributed by atoms with Crippen LogP contribution in [0.25, 0.3) is 48.6 Å². The molecule has 0 aliphatic heterocycles. The zero-order valence-corrected chi connectivity index (χ0v) is 29.9. The lowest BCUT2D eigenvalue weighted by atomic mass is 10.1. The highest BCUT2D eigenvalue weighted by molar-refractivity contribution is 5.94. The van der Waals surface area contributed by atoms with E-state index >= 15 is 0 Å². The zero-order valence-electron chi connectivity index (χ0n) is 29.9. The molecule has 5 heterocycles. The van der Waals surface area contributed by atoms with Crippen LogP contribution >= 0.6 is 0 Å². The van der Waals surface area contributed by atoms with E-state index < -0.39 is 0 Å². The van der Waals surface area contributed by atoms with Gasteiger partial charge >= 0.3 is 0 Å². The second kappa shape index (κ2) is 18.1. The maximum atomic E-state index is 11.9. The van der Waals surface area contributed by atoms with Gasteiger partial charge < -0.3 is 21.3 Å². The summed E-state index contributed by atoms with van der Waals surface area (Å²) in [5, 5.41) is 11.0. The maximum Gasteiger partial charge on any atom is 0.222 e. The van der Waals surface area contributed by atoms with Gasteiger partial charge in [0.2, 0.25) is 23.6 Å². The fourth-order valence-electron chi connectivity index (χ4n) is 4.95. The number of carbonyl (C=O) groups excluding carboxylic acids is 4. The number of aromatic nitrogens is 6. The minimum atomic E-state index is -0.272. The number of nitrogens with one attached hydrogen (secondary N) is 4. The van der Waals surface area contributed by atoms with E-state index in [9.17, 15) is 19.2 Å². The van der Waals surface area contributed by atoms with Gasteiger partial charge in [-0.15, -0.1) is 0 Å². The van der Waals surface area contributed by atoms with Crippen LogP contribution in [0.4, 0.5) is 23.3 Å². The molecule has 0 aromatic carbocycles. The third-order valence-corrected chi connectivity index (χ3v) is 7.22. The molecule has 0 spiro atoms. The second-order valence-electron chi connectivity index (χ2n) is 11.6. The fraction of sp³-hybridized carbons (Fsp3) is 0.100. The molecule has 5 rings (SSSR count). The Morgan fingerprint density at radius 2 is 0.611 bits per heavy atom. The van der Waals surface area contributed by atoms with Crippen LogP contribution in [0.5, 0.6) is 0 Å². The predicted octanol–water partition coefficient (Wildman–Crippen LogP) is 6.57. The lowest BCUT2D eigenvalue weighted by molar-refractivity contribution is -0.115. The van der Waals surface area contributed by atoms with Crippen LogP contribution < -0.4 is 21.3 Å². The van der Waals surface area contributed by atoms with Crippen molar-refractivity contribution in [2.24, 2.45) is 0 Å². The van der Waals surface area contributed by atoms with Crippen molar-refractivity contribution in [1.29, 1.82) is 0 Å². The zero-order chi connectivity index (χ0) is 38.5. The van der Waals surface area contributed by atoms with Gasteiger partial charge in [0.1, 0.15) is 23.3 Å². The van der Waals surface area contributed by atoms with Crippen molar-refractivity contribution in [2.75, 3.05) is 21.3 Å². The van der Waals surface area contributed by atoms with Crippen molar-refractivity contribution in [1.82, 2.24) is 29.9 Å². The number of pyridine rings is 4. The van der Waals surface area contributed by atoms with Gasteiger partial charge in [0, 0.05) is 74.7 Å². The van der Waals surface area contributed by atoms with Gasteiger partial charge in [0.05, 0.1) is 22.8 Å².